The maximum Gasteiger partial charge on any atom is 0.418 e. The third-order valence-corrected chi connectivity index (χ3v) is 4.51. The molecule has 0 saturated heterocycles. The molecule has 0 spiro atoms. The molecule has 2 aromatic rings. The van der Waals surface area contributed by atoms with Gasteiger partial charge < -0.3 is 10.1 Å². The first-order valence-corrected chi connectivity index (χ1v) is 8.99. The van der Waals surface area contributed by atoms with Crippen molar-refractivity contribution in [2.45, 2.75) is 64.5 Å². The summed E-state index contributed by atoms with van der Waals surface area (Å²) >= 11 is 0. The first-order valence-electron chi connectivity index (χ1n) is 8.99. The zero-order valence-electron chi connectivity index (χ0n) is 15.2. The van der Waals surface area contributed by atoms with Crippen molar-refractivity contribution in [3.05, 3.63) is 36.0 Å². The van der Waals surface area contributed by atoms with Crippen LogP contribution >= 0.6 is 0 Å². The van der Waals surface area contributed by atoms with Crippen LogP contribution in [0.15, 0.2) is 30.5 Å². The molecule has 1 aliphatic carbocycles. The van der Waals surface area contributed by atoms with Gasteiger partial charge in [0, 0.05) is 23.2 Å². The number of carbonyl (C=O) groups excluding carboxylic acids is 2. The molecule has 1 fully saturated rings. The van der Waals surface area contributed by atoms with E-state index >= 15 is 0 Å². The first kappa shape index (κ1) is 17.5. The SMILES string of the molecule is CC(C)(C)OC(=O)n1ccc2c(C(=O)NC3CCCCC3)cccc21. The van der Waals surface area contributed by atoms with E-state index in [1.807, 2.05) is 26.8 Å². The number of ether oxygens (including phenoxy) is 1. The lowest BCUT2D eigenvalue weighted by Crippen LogP contribution is -2.36. The van der Waals surface area contributed by atoms with Crippen LogP contribution in [-0.4, -0.2) is 28.2 Å². The molecular weight excluding hydrogens is 316 g/mol. The van der Waals surface area contributed by atoms with Crippen LogP contribution < -0.4 is 5.32 Å². The summed E-state index contributed by atoms with van der Waals surface area (Å²) in [6, 6.07) is 7.49. The van der Waals surface area contributed by atoms with E-state index in [0.717, 1.165) is 18.2 Å². The van der Waals surface area contributed by atoms with Gasteiger partial charge in [0.25, 0.3) is 5.91 Å². The Bertz CT molecular complexity index is 780. The minimum absolute atomic E-state index is 0.0700. The molecule has 1 N–H and O–H groups in total. The van der Waals surface area contributed by atoms with Crippen LogP contribution in [0.25, 0.3) is 10.9 Å². The van der Waals surface area contributed by atoms with Gasteiger partial charge in [-0.2, -0.15) is 0 Å². The molecule has 5 heteroatoms. The fourth-order valence-corrected chi connectivity index (χ4v) is 3.35. The third-order valence-electron chi connectivity index (χ3n) is 4.51. The summed E-state index contributed by atoms with van der Waals surface area (Å²) in [5.41, 5.74) is 0.722. The predicted octanol–water partition coefficient (Wildman–Crippen LogP) is 4.49. The van der Waals surface area contributed by atoms with Crippen LogP contribution in [0.3, 0.4) is 0 Å². The quantitative estimate of drug-likeness (QED) is 0.875. The molecule has 0 aliphatic heterocycles. The van der Waals surface area contributed by atoms with E-state index < -0.39 is 11.7 Å². The topological polar surface area (TPSA) is 60.3 Å². The molecule has 0 unspecified atom stereocenters. The van der Waals surface area contributed by atoms with Crippen LogP contribution in [0.4, 0.5) is 4.79 Å². The molecule has 1 heterocycles. The number of nitrogens with one attached hydrogen (secondary N) is 1. The van der Waals surface area contributed by atoms with Crippen LogP contribution in [0.5, 0.6) is 0 Å². The van der Waals surface area contributed by atoms with Gasteiger partial charge in [0.15, 0.2) is 0 Å². The lowest BCUT2D eigenvalue weighted by atomic mass is 9.95. The highest BCUT2D eigenvalue weighted by Crippen LogP contribution is 2.23. The van der Waals surface area contributed by atoms with E-state index in [4.69, 9.17) is 4.74 Å². The molecule has 3 rings (SSSR count). The van der Waals surface area contributed by atoms with E-state index in [1.165, 1.54) is 23.8 Å². The zero-order valence-corrected chi connectivity index (χ0v) is 15.2. The van der Waals surface area contributed by atoms with E-state index in [1.54, 1.807) is 24.4 Å². The van der Waals surface area contributed by atoms with Gasteiger partial charge in [-0.1, -0.05) is 25.3 Å². The Balaban J connectivity index is 1.85. The van der Waals surface area contributed by atoms with Crippen LogP contribution in [0.1, 0.15) is 63.2 Å². The van der Waals surface area contributed by atoms with E-state index in [9.17, 15) is 9.59 Å². The molecule has 0 bridgehead atoms. The van der Waals surface area contributed by atoms with Gasteiger partial charge in [-0.3, -0.25) is 9.36 Å². The number of fused-ring (bicyclic) bond motifs is 1. The molecule has 1 saturated carbocycles. The molecule has 0 atom stereocenters. The maximum absolute atomic E-state index is 12.7. The Morgan fingerprint density at radius 2 is 1.84 bits per heavy atom. The van der Waals surface area contributed by atoms with Gasteiger partial charge in [0.1, 0.15) is 5.60 Å². The van der Waals surface area contributed by atoms with Crippen LogP contribution in [-0.2, 0) is 4.74 Å². The fraction of sp³-hybridized carbons (Fsp3) is 0.500. The number of aromatic nitrogens is 1. The summed E-state index contributed by atoms with van der Waals surface area (Å²) < 4.78 is 6.89. The highest BCUT2D eigenvalue weighted by Gasteiger charge is 2.22. The molecule has 1 amide bonds. The van der Waals surface area contributed by atoms with Crippen molar-refractivity contribution in [3.63, 3.8) is 0 Å². The Hall–Kier alpha value is -2.30. The molecular formula is C20H26N2O3. The van der Waals surface area contributed by atoms with Gasteiger partial charge in [-0.05, 0) is 51.8 Å². The number of benzene rings is 1. The lowest BCUT2D eigenvalue weighted by Gasteiger charge is -2.23. The average molecular weight is 342 g/mol. The van der Waals surface area contributed by atoms with Gasteiger partial charge in [-0.15, -0.1) is 0 Å². The summed E-state index contributed by atoms with van der Waals surface area (Å²) in [4.78, 5) is 25.1. The monoisotopic (exact) mass is 342 g/mol. The van der Waals surface area contributed by atoms with Gasteiger partial charge in [0.2, 0.25) is 0 Å². The Morgan fingerprint density at radius 3 is 2.52 bits per heavy atom. The van der Waals surface area contributed by atoms with Gasteiger partial charge in [-0.25, -0.2) is 4.79 Å². The van der Waals surface area contributed by atoms with Crippen molar-refractivity contribution in [1.82, 2.24) is 9.88 Å². The van der Waals surface area contributed by atoms with Crippen molar-refractivity contribution in [1.29, 1.82) is 0 Å². The second kappa shape index (κ2) is 6.90. The number of hydrogen-bond donors (Lipinski definition) is 1. The van der Waals surface area contributed by atoms with Crippen LogP contribution in [0, 0.1) is 0 Å². The average Bonchev–Trinajstić information content (AvgIpc) is 2.98. The van der Waals surface area contributed by atoms with Crippen LogP contribution in [0.2, 0.25) is 0 Å². The lowest BCUT2D eigenvalue weighted by molar-refractivity contribution is 0.0544. The zero-order chi connectivity index (χ0) is 18.0. The van der Waals surface area contributed by atoms with Crippen molar-refractivity contribution >= 4 is 22.9 Å². The van der Waals surface area contributed by atoms with Crippen molar-refractivity contribution in [3.8, 4) is 0 Å². The van der Waals surface area contributed by atoms with E-state index in [0.29, 0.717) is 11.1 Å². The largest absolute Gasteiger partial charge is 0.443 e. The standard InChI is InChI=1S/C20H26N2O3/c1-20(2,3)25-19(24)22-13-12-15-16(10-7-11-17(15)22)18(23)21-14-8-5-4-6-9-14/h7,10-14H,4-6,8-9H2,1-3H3,(H,21,23). The summed E-state index contributed by atoms with van der Waals surface area (Å²) in [6.07, 6.45) is 6.90. The molecule has 1 aromatic heterocycles. The summed E-state index contributed by atoms with van der Waals surface area (Å²) in [7, 11) is 0. The molecule has 1 aromatic carbocycles. The second-order valence-electron chi connectivity index (χ2n) is 7.71. The maximum atomic E-state index is 12.7. The summed E-state index contributed by atoms with van der Waals surface area (Å²) in [5, 5.41) is 3.91. The second-order valence-corrected chi connectivity index (χ2v) is 7.71. The number of amides is 1. The summed E-state index contributed by atoms with van der Waals surface area (Å²) in [5.74, 6) is -0.0700. The van der Waals surface area contributed by atoms with Crippen molar-refractivity contribution < 1.29 is 14.3 Å². The molecule has 134 valence electrons. The minimum atomic E-state index is -0.566. The smallest absolute Gasteiger partial charge is 0.418 e. The van der Waals surface area contributed by atoms with Crippen molar-refractivity contribution in [2.24, 2.45) is 0 Å². The van der Waals surface area contributed by atoms with Gasteiger partial charge >= 0.3 is 6.09 Å². The van der Waals surface area contributed by atoms with Gasteiger partial charge in [0.05, 0.1) is 5.52 Å². The van der Waals surface area contributed by atoms with E-state index in [-0.39, 0.29) is 11.9 Å². The molecule has 1 aliphatic rings. The Morgan fingerprint density at radius 1 is 1.12 bits per heavy atom. The van der Waals surface area contributed by atoms with E-state index in [2.05, 4.69) is 5.32 Å². The summed E-state index contributed by atoms with van der Waals surface area (Å²) in [6.45, 7) is 5.50. The fourth-order valence-electron chi connectivity index (χ4n) is 3.35. The molecule has 5 nitrogen and oxygen atoms in total. The highest BCUT2D eigenvalue weighted by atomic mass is 16.6. The number of rotatable bonds is 2. The number of carbonyl (C=O) groups is 2. The normalized spacial score (nSPS) is 16.0. The minimum Gasteiger partial charge on any atom is -0.443 e. The predicted molar refractivity (Wildman–Crippen MR) is 97.9 cm³/mol. The third kappa shape index (κ3) is 4.03. The molecule has 0 radical (unpaired) electrons. The Kier molecular flexibility index (Phi) is 4.84. The Labute approximate surface area is 148 Å². The molecule has 25 heavy (non-hydrogen) atoms. The first-order chi connectivity index (χ1) is 11.8. The number of nitrogens with zero attached hydrogens (tertiary/aromatic N) is 1. The van der Waals surface area contributed by atoms with Crippen molar-refractivity contribution in [2.75, 3.05) is 0 Å². The number of hydrogen-bond acceptors (Lipinski definition) is 3. The highest BCUT2D eigenvalue weighted by molar-refractivity contribution is 6.07.